The highest BCUT2D eigenvalue weighted by molar-refractivity contribution is 5.99. The first-order chi connectivity index (χ1) is 10.9. The Balaban J connectivity index is 2.65. The van der Waals surface area contributed by atoms with Crippen molar-refractivity contribution >= 4 is 11.9 Å². The van der Waals surface area contributed by atoms with Crippen LogP contribution in [0.25, 0.3) is 0 Å². The maximum atomic E-state index is 12.5. The van der Waals surface area contributed by atoms with Gasteiger partial charge in [-0.3, -0.25) is 0 Å². The van der Waals surface area contributed by atoms with Crippen molar-refractivity contribution in [3.63, 3.8) is 0 Å². The zero-order chi connectivity index (χ0) is 17.1. The first-order valence-electron chi connectivity index (χ1n) is 7.47. The topological polar surface area (TPSA) is 69.6 Å². The van der Waals surface area contributed by atoms with Crippen molar-refractivity contribution in [1.29, 1.82) is 0 Å². The van der Waals surface area contributed by atoms with Crippen molar-refractivity contribution < 1.29 is 19.1 Å². The van der Waals surface area contributed by atoms with Crippen LogP contribution < -0.4 is 5.32 Å². The van der Waals surface area contributed by atoms with Crippen LogP contribution in [0.4, 0.5) is 0 Å². The normalized spacial score (nSPS) is 17.9. The van der Waals surface area contributed by atoms with Crippen LogP contribution in [0.15, 0.2) is 40.9 Å². The van der Waals surface area contributed by atoms with Gasteiger partial charge in [-0.05, 0) is 32.9 Å². The van der Waals surface area contributed by atoms with Gasteiger partial charge in [0.25, 0.3) is 0 Å². The van der Waals surface area contributed by atoms with Crippen molar-refractivity contribution in [1.82, 2.24) is 9.88 Å². The number of nitrogens with zero attached hydrogens (tertiary/aromatic N) is 1. The summed E-state index contributed by atoms with van der Waals surface area (Å²) in [5, 5.41) is 3.09. The molecule has 1 unspecified atom stereocenters. The number of ether oxygens (including phenoxy) is 2. The molecule has 1 aliphatic rings. The van der Waals surface area contributed by atoms with Crippen molar-refractivity contribution in [2.75, 3.05) is 13.7 Å². The molecule has 1 aromatic rings. The van der Waals surface area contributed by atoms with E-state index in [0.29, 0.717) is 22.5 Å². The molecule has 0 fully saturated rings. The molecule has 1 aromatic heterocycles. The summed E-state index contributed by atoms with van der Waals surface area (Å²) in [5.41, 5.74) is 3.03. The van der Waals surface area contributed by atoms with Gasteiger partial charge in [0.2, 0.25) is 0 Å². The molecule has 1 aliphatic heterocycles. The van der Waals surface area contributed by atoms with Gasteiger partial charge in [-0.25, -0.2) is 9.59 Å². The largest absolute Gasteiger partial charge is 0.466 e. The Kier molecular flexibility index (Phi) is 4.93. The third-order valence-corrected chi connectivity index (χ3v) is 3.94. The predicted molar refractivity (Wildman–Crippen MR) is 85.3 cm³/mol. The quantitative estimate of drug-likeness (QED) is 0.860. The minimum Gasteiger partial charge on any atom is -0.466 e. The van der Waals surface area contributed by atoms with Gasteiger partial charge in [0.1, 0.15) is 0 Å². The zero-order valence-electron chi connectivity index (χ0n) is 14.1. The average molecular weight is 318 g/mol. The van der Waals surface area contributed by atoms with Crippen LogP contribution in [0, 0.1) is 0 Å². The van der Waals surface area contributed by atoms with Crippen LogP contribution in [-0.4, -0.2) is 30.2 Å². The Labute approximate surface area is 135 Å². The molecular weight excluding hydrogens is 296 g/mol. The lowest BCUT2D eigenvalue weighted by atomic mass is 9.83. The van der Waals surface area contributed by atoms with E-state index in [-0.39, 0.29) is 6.61 Å². The number of esters is 2. The number of aromatic nitrogens is 1. The summed E-state index contributed by atoms with van der Waals surface area (Å²) in [5.74, 6) is -1.42. The minimum absolute atomic E-state index is 0.270. The summed E-state index contributed by atoms with van der Waals surface area (Å²) in [6.45, 7) is 5.63. The molecular formula is C17H22N2O4. The van der Waals surface area contributed by atoms with Crippen molar-refractivity contribution in [3.05, 3.63) is 46.6 Å². The second-order valence-corrected chi connectivity index (χ2v) is 5.39. The lowest BCUT2D eigenvalue weighted by Gasteiger charge is -2.30. The Morgan fingerprint density at radius 2 is 1.83 bits per heavy atom. The number of hydrogen-bond donors (Lipinski definition) is 1. The third kappa shape index (κ3) is 3.02. The van der Waals surface area contributed by atoms with E-state index in [1.807, 2.05) is 29.9 Å². The van der Waals surface area contributed by atoms with E-state index in [2.05, 4.69) is 5.32 Å². The standard InChI is InChI=1S/C17H22N2O4/c1-6-23-17(21)14-11(3)18-10(2)13(16(20)22-5)15(14)12-8-7-9-19(12)4/h7-9,15,18H,6H2,1-5H3. The molecule has 2 rings (SSSR count). The highest BCUT2D eigenvalue weighted by atomic mass is 16.5. The van der Waals surface area contributed by atoms with E-state index in [1.54, 1.807) is 20.8 Å². The number of rotatable bonds is 4. The fourth-order valence-corrected chi connectivity index (χ4v) is 2.92. The van der Waals surface area contributed by atoms with Crippen LogP contribution in [0.3, 0.4) is 0 Å². The average Bonchev–Trinajstić information content (AvgIpc) is 2.91. The van der Waals surface area contributed by atoms with E-state index >= 15 is 0 Å². The number of carbonyl (C=O) groups is 2. The molecule has 0 saturated heterocycles. The monoisotopic (exact) mass is 318 g/mol. The van der Waals surface area contributed by atoms with Gasteiger partial charge in [0, 0.05) is 30.3 Å². The molecule has 0 aromatic carbocycles. The molecule has 0 aliphatic carbocycles. The molecule has 1 N–H and O–H groups in total. The molecule has 1 atom stereocenters. The summed E-state index contributed by atoms with van der Waals surface area (Å²) in [6.07, 6.45) is 1.87. The number of aryl methyl sites for hydroxylation is 1. The number of carbonyl (C=O) groups excluding carboxylic acids is 2. The summed E-state index contributed by atoms with van der Waals surface area (Å²) in [6, 6.07) is 3.76. The SMILES string of the molecule is CCOC(=O)C1=C(C)NC(C)=C(C(=O)OC)C1c1cccn1C. The fraction of sp³-hybridized carbons (Fsp3) is 0.412. The number of methoxy groups -OCH3 is 1. The highest BCUT2D eigenvalue weighted by Gasteiger charge is 2.38. The summed E-state index contributed by atoms with van der Waals surface area (Å²) >= 11 is 0. The highest BCUT2D eigenvalue weighted by Crippen LogP contribution is 2.39. The molecule has 124 valence electrons. The van der Waals surface area contributed by atoms with Crippen LogP contribution in [-0.2, 0) is 26.1 Å². The van der Waals surface area contributed by atoms with Gasteiger partial charge in [-0.15, -0.1) is 0 Å². The van der Waals surface area contributed by atoms with Crippen molar-refractivity contribution in [2.24, 2.45) is 7.05 Å². The Morgan fingerprint density at radius 3 is 2.30 bits per heavy atom. The summed E-state index contributed by atoms with van der Waals surface area (Å²) in [4.78, 5) is 24.8. The zero-order valence-corrected chi connectivity index (χ0v) is 14.1. The predicted octanol–water partition coefficient (Wildman–Crippen LogP) is 2.00. The van der Waals surface area contributed by atoms with E-state index in [4.69, 9.17) is 9.47 Å². The Morgan fingerprint density at radius 1 is 1.22 bits per heavy atom. The first kappa shape index (κ1) is 16.9. The number of dihydropyridines is 1. The molecule has 6 nitrogen and oxygen atoms in total. The van der Waals surface area contributed by atoms with E-state index in [1.165, 1.54) is 7.11 Å². The lowest BCUT2D eigenvalue weighted by molar-refractivity contribution is -0.139. The maximum absolute atomic E-state index is 12.5. The summed E-state index contributed by atoms with van der Waals surface area (Å²) < 4.78 is 12.0. The Bertz CT molecular complexity index is 697. The minimum atomic E-state index is -0.525. The van der Waals surface area contributed by atoms with Crippen molar-refractivity contribution in [2.45, 2.75) is 26.7 Å². The molecule has 0 amide bonds. The van der Waals surface area contributed by atoms with Gasteiger partial charge >= 0.3 is 11.9 Å². The van der Waals surface area contributed by atoms with E-state index < -0.39 is 17.9 Å². The van der Waals surface area contributed by atoms with Gasteiger partial charge in [-0.1, -0.05) is 0 Å². The molecule has 0 spiro atoms. The van der Waals surface area contributed by atoms with Gasteiger partial charge in [0.05, 0.1) is 30.8 Å². The molecule has 23 heavy (non-hydrogen) atoms. The smallest absolute Gasteiger partial charge is 0.336 e. The van der Waals surface area contributed by atoms with Gasteiger partial charge in [-0.2, -0.15) is 0 Å². The lowest BCUT2D eigenvalue weighted by Crippen LogP contribution is -2.33. The van der Waals surface area contributed by atoms with Crippen molar-refractivity contribution in [3.8, 4) is 0 Å². The van der Waals surface area contributed by atoms with Crippen LogP contribution >= 0.6 is 0 Å². The van der Waals surface area contributed by atoms with E-state index in [9.17, 15) is 9.59 Å². The van der Waals surface area contributed by atoms with E-state index in [0.717, 1.165) is 5.69 Å². The first-order valence-corrected chi connectivity index (χ1v) is 7.47. The molecule has 0 bridgehead atoms. The third-order valence-electron chi connectivity index (χ3n) is 3.94. The van der Waals surface area contributed by atoms with Crippen LogP contribution in [0.2, 0.25) is 0 Å². The van der Waals surface area contributed by atoms with Crippen LogP contribution in [0.5, 0.6) is 0 Å². The second kappa shape index (κ2) is 6.73. The second-order valence-electron chi connectivity index (χ2n) is 5.39. The Hall–Kier alpha value is -2.50. The molecule has 0 saturated carbocycles. The fourth-order valence-electron chi connectivity index (χ4n) is 2.92. The molecule has 0 radical (unpaired) electrons. The molecule has 2 heterocycles. The maximum Gasteiger partial charge on any atom is 0.336 e. The summed E-state index contributed by atoms with van der Waals surface area (Å²) in [7, 11) is 3.21. The van der Waals surface area contributed by atoms with Gasteiger partial charge in [0.15, 0.2) is 0 Å². The number of nitrogens with one attached hydrogen (secondary N) is 1. The van der Waals surface area contributed by atoms with Crippen LogP contribution in [0.1, 0.15) is 32.4 Å². The number of allylic oxidation sites excluding steroid dienone is 2. The number of hydrogen-bond acceptors (Lipinski definition) is 5. The molecule has 6 heteroatoms. The van der Waals surface area contributed by atoms with Gasteiger partial charge < -0.3 is 19.4 Å².